The van der Waals surface area contributed by atoms with Crippen molar-refractivity contribution in [3.63, 3.8) is 0 Å². The molecule has 0 amide bonds. The Kier molecular flexibility index (Phi) is 8.42. The van der Waals surface area contributed by atoms with E-state index >= 15 is 0 Å². The molecule has 0 spiro atoms. The second-order valence-electron chi connectivity index (χ2n) is 15.6. The van der Waals surface area contributed by atoms with Crippen molar-refractivity contribution in [1.82, 2.24) is 24.1 Å². The molecule has 5 nitrogen and oxygen atoms in total. The molecule has 3 aromatic heterocycles. The Labute approximate surface area is 358 Å². The van der Waals surface area contributed by atoms with Gasteiger partial charge in [0.15, 0.2) is 11.6 Å². The van der Waals surface area contributed by atoms with Crippen molar-refractivity contribution in [2.75, 3.05) is 0 Å². The Morgan fingerprint density at radius 3 is 1.29 bits per heavy atom. The van der Waals surface area contributed by atoms with E-state index in [1.165, 1.54) is 27.5 Å². The first-order valence-electron chi connectivity index (χ1n) is 21.0. The molecule has 12 aromatic rings. The number of fused-ring (bicyclic) bond motifs is 6. The molecule has 0 N–H and O–H groups in total. The van der Waals surface area contributed by atoms with Crippen LogP contribution in [0.4, 0.5) is 0 Å². The van der Waals surface area contributed by atoms with Gasteiger partial charge in [0.2, 0.25) is 5.95 Å². The number of hydrogen-bond donors (Lipinski definition) is 0. The van der Waals surface area contributed by atoms with Crippen LogP contribution in [0.25, 0.3) is 111 Å². The monoisotopic (exact) mass is 791 g/mol. The lowest BCUT2D eigenvalue weighted by molar-refractivity contribution is 0.953. The molecule has 0 radical (unpaired) electrons. The maximum atomic E-state index is 5.37. The fraction of sp³-hybridized carbons (Fsp3) is 0. The minimum absolute atomic E-state index is 0.556. The molecule has 0 aliphatic carbocycles. The quantitative estimate of drug-likeness (QED) is 0.162. The lowest BCUT2D eigenvalue weighted by Crippen LogP contribution is -2.06. The van der Waals surface area contributed by atoms with Crippen molar-refractivity contribution < 1.29 is 0 Å². The van der Waals surface area contributed by atoms with Gasteiger partial charge < -0.3 is 4.57 Å². The smallest absolute Gasteiger partial charge is 0.238 e. The van der Waals surface area contributed by atoms with Crippen LogP contribution in [0.3, 0.4) is 0 Å². The molecule has 5 heteroatoms. The summed E-state index contributed by atoms with van der Waals surface area (Å²) in [7, 11) is 0. The molecular weight excluding hydrogens is 755 g/mol. The molecule has 62 heavy (non-hydrogen) atoms. The third-order valence-electron chi connectivity index (χ3n) is 12.0. The molecule has 9 aromatic carbocycles. The molecule has 0 atom stereocenters. The van der Waals surface area contributed by atoms with Crippen LogP contribution in [0.15, 0.2) is 224 Å². The van der Waals surface area contributed by atoms with Gasteiger partial charge in [0.25, 0.3) is 0 Å². The molecule has 3 heterocycles. The summed E-state index contributed by atoms with van der Waals surface area (Å²) < 4.78 is 4.63. The van der Waals surface area contributed by atoms with Crippen LogP contribution in [-0.4, -0.2) is 24.1 Å². The Hall–Kier alpha value is -8.41. The van der Waals surface area contributed by atoms with Crippen molar-refractivity contribution in [3.8, 4) is 67.8 Å². The molecule has 0 saturated carbocycles. The molecule has 0 fully saturated rings. The van der Waals surface area contributed by atoms with Crippen LogP contribution >= 0.6 is 0 Å². The molecule has 0 unspecified atom stereocenters. The first-order chi connectivity index (χ1) is 30.8. The summed E-state index contributed by atoms with van der Waals surface area (Å²) in [4.78, 5) is 15.8. The van der Waals surface area contributed by atoms with Gasteiger partial charge in [0.05, 0.1) is 22.1 Å². The zero-order chi connectivity index (χ0) is 41.0. The molecule has 12 rings (SSSR count). The average molecular weight is 792 g/mol. The Bertz CT molecular complexity index is 3590. The van der Waals surface area contributed by atoms with Gasteiger partial charge in [-0.15, -0.1) is 0 Å². The highest BCUT2D eigenvalue weighted by Crippen LogP contribution is 2.47. The predicted molar refractivity (Wildman–Crippen MR) is 256 cm³/mol. The first kappa shape index (κ1) is 35.5. The number of rotatable bonds is 7. The summed E-state index contributed by atoms with van der Waals surface area (Å²) in [5.41, 5.74) is 14.2. The van der Waals surface area contributed by atoms with E-state index in [1.54, 1.807) is 0 Å². The van der Waals surface area contributed by atoms with Gasteiger partial charge in [0, 0.05) is 43.9 Å². The number of hydrogen-bond acceptors (Lipinski definition) is 3. The second kappa shape index (κ2) is 14.7. The Morgan fingerprint density at radius 1 is 0.274 bits per heavy atom. The summed E-state index contributed by atoms with van der Waals surface area (Å²) in [6.07, 6.45) is 0. The number of para-hydroxylation sites is 3. The summed E-state index contributed by atoms with van der Waals surface area (Å²) in [5, 5.41) is 4.69. The summed E-state index contributed by atoms with van der Waals surface area (Å²) in [5.74, 6) is 1.77. The fourth-order valence-electron chi connectivity index (χ4n) is 9.17. The van der Waals surface area contributed by atoms with Gasteiger partial charge in [-0.3, -0.25) is 4.57 Å². The van der Waals surface area contributed by atoms with E-state index in [9.17, 15) is 0 Å². The minimum Gasteiger partial charge on any atom is -0.309 e. The van der Waals surface area contributed by atoms with Gasteiger partial charge in [-0.25, -0.2) is 4.98 Å². The van der Waals surface area contributed by atoms with Crippen molar-refractivity contribution >= 4 is 43.6 Å². The van der Waals surface area contributed by atoms with Crippen LogP contribution in [0.5, 0.6) is 0 Å². The number of nitrogens with zero attached hydrogens (tertiary/aromatic N) is 5. The third kappa shape index (κ3) is 5.90. The van der Waals surface area contributed by atoms with Gasteiger partial charge >= 0.3 is 0 Å². The maximum absolute atomic E-state index is 5.37. The van der Waals surface area contributed by atoms with E-state index in [-0.39, 0.29) is 0 Å². The van der Waals surface area contributed by atoms with E-state index in [4.69, 9.17) is 15.0 Å². The van der Waals surface area contributed by atoms with Crippen LogP contribution in [0, 0.1) is 0 Å². The summed E-state index contributed by atoms with van der Waals surface area (Å²) in [6, 6.07) is 79.2. The fourth-order valence-corrected chi connectivity index (χ4v) is 9.17. The zero-order valence-corrected chi connectivity index (χ0v) is 33.6. The van der Waals surface area contributed by atoms with Gasteiger partial charge in [-0.2, -0.15) is 9.97 Å². The molecule has 0 aliphatic rings. The van der Waals surface area contributed by atoms with Crippen LogP contribution in [0.2, 0.25) is 0 Å². The zero-order valence-electron chi connectivity index (χ0n) is 33.6. The number of benzene rings is 9. The molecule has 0 bridgehead atoms. The van der Waals surface area contributed by atoms with Crippen LogP contribution < -0.4 is 0 Å². The molecule has 0 aliphatic heterocycles. The van der Waals surface area contributed by atoms with Gasteiger partial charge in [-0.1, -0.05) is 188 Å². The largest absolute Gasteiger partial charge is 0.309 e. The minimum atomic E-state index is 0.556. The van der Waals surface area contributed by atoms with Crippen molar-refractivity contribution in [2.45, 2.75) is 0 Å². The first-order valence-corrected chi connectivity index (χ1v) is 21.0. The van der Waals surface area contributed by atoms with E-state index in [0.29, 0.717) is 17.6 Å². The summed E-state index contributed by atoms with van der Waals surface area (Å²) in [6.45, 7) is 0. The van der Waals surface area contributed by atoms with Crippen molar-refractivity contribution in [2.24, 2.45) is 0 Å². The third-order valence-corrected chi connectivity index (χ3v) is 12.0. The van der Waals surface area contributed by atoms with E-state index in [1.807, 2.05) is 18.2 Å². The highest BCUT2D eigenvalue weighted by Gasteiger charge is 2.25. The van der Waals surface area contributed by atoms with Gasteiger partial charge in [0.1, 0.15) is 0 Å². The normalized spacial score (nSPS) is 11.5. The molecule has 290 valence electrons. The Balaban J connectivity index is 1.12. The topological polar surface area (TPSA) is 48.5 Å². The number of aromatic nitrogens is 5. The predicted octanol–water partition coefficient (Wildman–Crippen LogP) is 14.4. The van der Waals surface area contributed by atoms with Crippen LogP contribution in [0.1, 0.15) is 0 Å². The molecule has 0 saturated heterocycles. The van der Waals surface area contributed by atoms with E-state index in [2.05, 4.69) is 215 Å². The van der Waals surface area contributed by atoms with E-state index in [0.717, 1.165) is 66.3 Å². The average Bonchev–Trinajstić information content (AvgIpc) is 3.87. The summed E-state index contributed by atoms with van der Waals surface area (Å²) >= 11 is 0. The highest BCUT2D eigenvalue weighted by molar-refractivity contribution is 6.28. The van der Waals surface area contributed by atoms with Crippen molar-refractivity contribution in [1.29, 1.82) is 0 Å². The maximum Gasteiger partial charge on any atom is 0.238 e. The SMILES string of the molecule is c1ccc(-c2cccc(-c3ccc(-c4nc(-c5ccccc5)nc(-n5c6ccccc6c6c(-c7ccccc7)c7c8ccccc8n(-c8ccccc8)c7cc65)n4)cc3)c2)cc1. The molecular formula is C57H37N5. The standard InChI is InChI=1S/C57H37N5/c1-5-18-38(19-6-1)43-24-17-25-44(36-43)39-32-34-42(35-33-39)56-58-55(41-22-9-3-10-23-41)59-57(60-56)62-49-31-16-14-29-47(49)54-51(62)37-50-53(52(54)40-20-7-2-8-21-40)46-28-13-15-30-48(46)61(50)45-26-11-4-12-27-45/h1-37H. The van der Waals surface area contributed by atoms with Crippen molar-refractivity contribution in [3.05, 3.63) is 224 Å². The van der Waals surface area contributed by atoms with Gasteiger partial charge in [-0.05, 0) is 64.2 Å². The lowest BCUT2D eigenvalue weighted by Gasteiger charge is -2.13. The van der Waals surface area contributed by atoms with E-state index < -0.39 is 0 Å². The lowest BCUT2D eigenvalue weighted by atomic mass is 9.94. The van der Waals surface area contributed by atoms with Crippen LogP contribution in [-0.2, 0) is 0 Å². The second-order valence-corrected chi connectivity index (χ2v) is 15.6. The Morgan fingerprint density at radius 2 is 0.694 bits per heavy atom. The highest BCUT2D eigenvalue weighted by atomic mass is 15.2.